The van der Waals surface area contributed by atoms with Crippen LogP contribution in [0.5, 0.6) is 0 Å². The number of aliphatic hydroxyl groups is 1. The smallest absolute Gasteiger partial charge is 0.330 e. The molecule has 1 aliphatic heterocycles. The second-order valence-electron chi connectivity index (χ2n) is 9.14. The Bertz CT molecular complexity index is 1410. The molecule has 0 spiro atoms. The number of benzene rings is 1. The monoisotopic (exact) mass is 451 g/mol. The molecule has 1 saturated carbocycles. The average Bonchev–Trinajstić information content (AvgIpc) is 3.54. The number of hydrogen-bond acceptors (Lipinski definition) is 6. The van der Waals surface area contributed by atoms with E-state index >= 15 is 0 Å². The van der Waals surface area contributed by atoms with Crippen LogP contribution in [0.4, 0.5) is 10.2 Å². The number of rotatable bonds is 3. The van der Waals surface area contributed by atoms with Gasteiger partial charge in [0.25, 0.3) is 0 Å². The first-order valence-electron chi connectivity index (χ1n) is 11.6. The molecule has 2 fully saturated rings. The lowest BCUT2D eigenvalue weighted by molar-refractivity contribution is 0.110. The third-order valence-electron chi connectivity index (χ3n) is 7.05. The summed E-state index contributed by atoms with van der Waals surface area (Å²) in [5, 5.41) is 9.98. The number of halogens is 1. The standard InChI is InChI=1S/C23H26FN7O2/c1-28-19-20(29-10-2-3-11-29)26-22(30-13-25-17-9-4-14(24)12-18(17)30)27-21(19)31(23(28)33)15-5-7-16(32)8-6-15/h4,9,12-13,15-16,32H,2-3,5-8,10-11H2,1H3. The van der Waals surface area contributed by atoms with Gasteiger partial charge in [-0.05, 0) is 50.7 Å². The van der Waals surface area contributed by atoms with Crippen molar-refractivity contribution in [2.45, 2.75) is 50.7 Å². The van der Waals surface area contributed by atoms with Crippen LogP contribution < -0.4 is 10.6 Å². The third-order valence-corrected chi connectivity index (χ3v) is 7.05. The lowest BCUT2D eigenvalue weighted by atomic mass is 9.93. The molecular weight excluding hydrogens is 425 g/mol. The molecule has 0 amide bonds. The van der Waals surface area contributed by atoms with Crippen LogP contribution in [0.25, 0.3) is 28.1 Å². The highest BCUT2D eigenvalue weighted by molar-refractivity contribution is 5.86. The maximum Gasteiger partial charge on any atom is 0.330 e. The van der Waals surface area contributed by atoms with Gasteiger partial charge in [0.05, 0.1) is 17.1 Å². The summed E-state index contributed by atoms with van der Waals surface area (Å²) in [6.45, 7) is 1.72. The number of imidazole rings is 2. The van der Waals surface area contributed by atoms with Crippen LogP contribution in [0.15, 0.2) is 29.3 Å². The quantitative estimate of drug-likeness (QED) is 0.515. The fourth-order valence-electron chi connectivity index (χ4n) is 5.28. The minimum atomic E-state index is -0.359. The fourth-order valence-corrected chi connectivity index (χ4v) is 5.28. The molecule has 172 valence electrons. The van der Waals surface area contributed by atoms with Crippen LogP contribution >= 0.6 is 0 Å². The fraction of sp³-hybridized carbons (Fsp3) is 0.478. The summed E-state index contributed by atoms with van der Waals surface area (Å²) in [5.41, 5.74) is 2.39. The number of hydrogen-bond donors (Lipinski definition) is 1. The van der Waals surface area contributed by atoms with Crippen LogP contribution in [-0.4, -0.2) is 53.0 Å². The minimum absolute atomic E-state index is 0.0317. The van der Waals surface area contributed by atoms with Crippen LogP contribution in [0.3, 0.4) is 0 Å². The summed E-state index contributed by atoms with van der Waals surface area (Å²) >= 11 is 0. The Morgan fingerprint density at radius 3 is 2.61 bits per heavy atom. The first-order valence-corrected chi connectivity index (χ1v) is 11.6. The Morgan fingerprint density at radius 2 is 1.85 bits per heavy atom. The summed E-state index contributed by atoms with van der Waals surface area (Å²) in [6, 6.07) is 4.40. The SMILES string of the molecule is Cn1c(=O)n(C2CCC(O)CC2)c2nc(-n3cnc4ccc(F)cc43)nc(N3CCCC3)c21. The molecule has 4 aromatic rings. The summed E-state index contributed by atoms with van der Waals surface area (Å²) in [4.78, 5) is 29.7. The molecule has 4 heterocycles. The maximum atomic E-state index is 14.0. The highest BCUT2D eigenvalue weighted by Gasteiger charge is 2.29. The number of aromatic nitrogens is 6. The van der Waals surface area contributed by atoms with E-state index in [0.29, 0.717) is 41.0 Å². The first-order chi connectivity index (χ1) is 16.0. The maximum absolute atomic E-state index is 14.0. The lowest BCUT2D eigenvalue weighted by Crippen LogP contribution is -2.30. The van der Waals surface area contributed by atoms with Crippen molar-refractivity contribution in [3.05, 3.63) is 40.8 Å². The zero-order valence-corrected chi connectivity index (χ0v) is 18.5. The molecule has 0 bridgehead atoms. The van der Waals surface area contributed by atoms with E-state index in [1.807, 2.05) is 0 Å². The number of nitrogens with zero attached hydrogens (tertiary/aromatic N) is 7. The largest absolute Gasteiger partial charge is 0.393 e. The van der Waals surface area contributed by atoms with Gasteiger partial charge in [0, 0.05) is 32.2 Å². The summed E-state index contributed by atoms with van der Waals surface area (Å²) in [7, 11) is 1.77. The van der Waals surface area contributed by atoms with Crippen LogP contribution in [0.1, 0.15) is 44.6 Å². The van der Waals surface area contributed by atoms with Gasteiger partial charge < -0.3 is 10.0 Å². The summed E-state index contributed by atoms with van der Waals surface area (Å²) in [5.74, 6) is 0.732. The van der Waals surface area contributed by atoms with Gasteiger partial charge in [-0.3, -0.25) is 13.7 Å². The van der Waals surface area contributed by atoms with E-state index in [9.17, 15) is 14.3 Å². The zero-order valence-electron chi connectivity index (χ0n) is 18.5. The molecule has 9 nitrogen and oxygen atoms in total. The molecule has 1 aliphatic carbocycles. The highest BCUT2D eigenvalue weighted by Crippen LogP contribution is 2.33. The predicted octanol–water partition coefficient (Wildman–Crippen LogP) is 2.68. The van der Waals surface area contributed by atoms with Crippen molar-refractivity contribution in [3.63, 3.8) is 0 Å². The van der Waals surface area contributed by atoms with Crippen LogP contribution in [0, 0.1) is 5.82 Å². The second kappa shape index (κ2) is 7.65. The van der Waals surface area contributed by atoms with E-state index in [2.05, 4.69) is 9.88 Å². The first kappa shape index (κ1) is 20.3. The van der Waals surface area contributed by atoms with Gasteiger partial charge in [-0.2, -0.15) is 9.97 Å². The second-order valence-corrected chi connectivity index (χ2v) is 9.14. The van der Waals surface area contributed by atoms with Gasteiger partial charge in [-0.15, -0.1) is 0 Å². The molecule has 1 N–H and O–H groups in total. The Labute approximate surface area is 189 Å². The van der Waals surface area contributed by atoms with Gasteiger partial charge in [0.15, 0.2) is 11.5 Å². The van der Waals surface area contributed by atoms with E-state index in [0.717, 1.165) is 44.6 Å². The molecule has 0 radical (unpaired) electrons. The number of aliphatic hydroxyl groups excluding tert-OH is 1. The van der Waals surface area contributed by atoms with Crippen molar-refractivity contribution in [1.82, 2.24) is 28.7 Å². The topological polar surface area (TPSA) is 94.0 Å². The molecule has 33 heavy (non-hydrogen) atoms. The number of anilines is 1. The normalized spacial score (nSPS) is 21.5. The van der Waals surface area contributed by atoms with Gasteiger partial charge in [-0.25, -0.2) is 14.2 Å². The average molecular weight is 452 g/mol. The van der Waals surface area contributed by atoms with Crippen molar-refractivity contribution in [3.8, 4) is 5.95 Å². The molecule has 10 heteroatoms. The summed E-state index contributed by atoms with van der Waals surface area (Å²) < 4.78 is 19.1. The molecule has 0 atom stereocenters. The van der Waals surface area contributed by atoms with E-state index in [-0.39, 0.29) is 23.7 Å². The zero-order chi connectivity index (χ0) is 22.7. The van der Waals surface area contributed by atoms with Gasteiger partial charge >= 0.3 is 5.69 Å². The summed E-state index contributed by atoms with van der Waals surface area (Å²) in [6.07, 6.45) is 6.18. The Morgan fingerprint density at radius 1 is 1.09 bits per heavy atom. The van der Waals surface area contributed by atoms with Crippen molar-refractivity contribution < 1.29 is 9.50 Å². The van der Waals surface area contributed by atoms with Gasteiger partial charge in [0.2, 0.25) is 5.95 Å². The van der Waals surface area contributed by atoms with Crippen molar-refractivity contribution in [2.24, 2.45) is 7.05 Å². The van der Waals surface area contributed by atoms with E-state index in [1.165, 1.54) is 12.1 Å². The van der Waals surface area contributed by atoms with Crippen LogP contribution in [0.2, 0.25) is 0 Å². The molecule has 3 aromatic heterocycles. The van der Waals surface area contributed by atoms with E-state index in [1.54, 1.807) is 33.1 Å². The minimum Gasteiger partial charge on any atom is -0.393 e. The number of aryl methyl sites for hydroxylation is 1. The predicted molar refractivity (Wildman–Crippen MR) is 122 cm³/mol. The van der Waals surface area contributed by atoms with Crippen molar-refractivity contribution >= 4 is 28.0 Å². The molecule has 2 aliphatic rings. The molecule has 1 saturated heterocycles. The van der Waals surface area contributed by atoms with E-state index < -0.39 is 0 Å². The Hall–Kier alpha value is -3.27. The molecular formula is C23H26FN7O2. The molecule has 6 rings (SSSR count). The van der Waals surface area contributed by atoms with Gasteiger partial charge in [0.1, 0.15) is 17.7 Å². The van der Waals surface area contributed by atoms with E-state index in [4.69, 9.17) is 9.97 Å². The van der Waals surface area contributed by atoms with Crippen LogP contribution in [-0.2, 0) is 7.05 Å². The Kier molecular flexibility index (Phi) is 4.72. The third kappa shape index (κ3) is 3.23. The van der Waals surface area contributed by atoms with Crippen molar-refractivity contribution in [1.29, 1.82) is 0 Å². The highest BCUT2D eigenvalue weighted by atomic mass is 19.1. The lowest BCUT2D eigenvalue weighted by Gasteiger charge is -2.26. The Balaban J connectivity index is 1.61. The van der Waals surface area contributed by atoms with Crippen molar-refractivity contribution in [2.75, 3.05) is 18.0 Å². The van der Waals surface area contributed by atoms with Gasteiger partial charge in [-0.1, -0.05) is 0 Å². The number of fused-ring (bicyclic) bond motifs is 2. The molecule has 1 aromatic carbocycles. The molecule has 0 unspecified atom stereocenters.